The molecule has 12 rings (SSSR count). The van der Waals surface area contributed by atoms with E-state index in [2.05, 4.69) is 151 Å². The van der Waals surface area contributed by atoms with Gasteiger partial charge in [0.1, 0.15) is 16.6 Å². The topological polar surface area (TPSA) is 44.4 Å². The molecule has 6 heteroatoms. The first kappa shape index (κ1) is 24.6. The zero-order valence-electron chi connectivity index (χ0n) is 25.5. The molecule has 0 N–H and O–H groups in total. The lowest BCUT2D eigenvalue weighted by Crippen LogP contribution is -2.08. The molecule has 0 unspecified atom stereocenters. The van der Waals surface area contributed by atoms with E-state index in [1.807, 2.05) is 12.1 Å². The van der Waals surface area contributed by atoms with Crippen molar-refractivity contribution in [2.75, 3.05) is 0 Å². The molecule has 48 heavy (non-hydrogen) atoms. The molecular weight excluding hydrogens is 592 g/mol. The van der Waals surface area contributed by atoms with Gasteiger partial charge in [-0.1, -0.05) is 72.8 Å². The third kappa shape index (κ3) is 2.85. The van der Waals surface area contributed by atoms with Gasteiger partial charge in [-0.25, -0.2) is 0 Å². The Morgan fingerprint density at radius 3 is 1.73 bits per heavy atom. The summed E-state index contributed by atoms with van der Waals surface area (Å²) in [5, 5.41) is 2.48. The fraction of sp³-hybridized carbons (Fsp3) is 0. The highest BCUT2D eigenvalue weighted by molar-refractivity contribution is 6.18. The van der Waals surface area contributed by atoms with Gasteiger partial charge in [0.2, 0.25) is 0 Å². The van der Waals surface area contributed by atoms with Gasteiger partial charge in [0, 0.05) is 16.5 Å². The summed E-state index contributed by atoms with van der Waals surface area (Å²) in [5.74, 6) is 0. The molecule has 6 nitrogen and oxygen atoms in total. The number of para-hydroxylation sites is 7. The van der Waals surface area contributed by atoms with Gasteiger partial charge in [0.15, 0.2) is 22.3 Å². The number of benzene rings is 7. The van der Waals surface area contributed by atoms with E-state index in [0.29, 0.717) is 0 Å². The van der Waals surface area contributed by atoms with Gasteiger partial charge >= 0.3 is 0 Å². The van der Waals surface area contributed by atoms with Crippen LogP contribution in [0, 0.1) is 0 Å². The highest BCUT2D eigenvalue weighted by Crippen LogP contribution is 2.41. The molecule has 0 fully saturated rings. The van der Waals surface area contributed by atoms with Crippen molar-refractivity contribution in [3.05, 3.63) is 146 Å². The van der Waals surface area contributed by atoms with Crippen LogP contribution < -0.4 is 0 Å². The fourth-order valence-electron chi connectivity index (χ4n) is 8.31. The molecule has 12 aromatic rings. The third-order valence-corrected chi connectivity index (χ3v) is 10.1. The van der Waals surface area contributed by atoms with Crippen molar-refractivity contribution >= 4 is 93.8 Å². The zero-order valence-corrected chi connectivity index (χ0v) is 25.5. The molecule has 0 saturated carbocycles. The number of hydrogen-bond acceptors (Lipinski definition) is 2. The van der Waals surface area contributed by atoms with Crippen LogP contribution in [0.2, 0.25) is 0 Å². The standard InChI is InChI=1S/C42H24N4O2/c1-2-11-25(12-3-1)43-31-18-9-21-36-39(31)45(29-16-6-7-20-35(29)47-36)33-23-24-34-42(41(33)43)48-37-22-10-19-32-40(37)46(34)30-17-8-14-27-26-13-4-5-15-28(26)44(32)38(27)30/h1-24H. The summed E-state index contributed by atoms with van der Waals surface area (Å²) in [6.45, 7) is 0. The molecular formula is C42H24N4O2. The molecule has 0 aliphatic rings. The average Bonchev–Trinajstić information content (AvgIpc) is 3.49. The molecule has 0 spiro atoms. The summed E-state index contributed by atoms with van der Waals surface area (Å²) in [5.41, 5.74) is 16.0. The van der Waals surface area contributed by atoms with Crippen molar-refractivity contribution in [2.45, 2.75) is 0 Å². The van der Waals surface area contributed by atoms with Crippen LogP contribution >= 0.6 is 0 Å². The van der Waals surface area contributed by atoms with E-state index in [9.17, 15) is 0 Å². The van der Waals surface area contributed by atoms with E-state index in [1.165, 1.54) is 21.8 Å². The second-order valence-electron chi connectivity index (χ2n) is 12.6. The van der Waals surface area contributed by atoms with Gasteiger partial charge in [0.05, 0.1) is 44.1 Å². The molecule has 0 radical (unpaired) electrons. The minimum Gasteiger partial charge on any atom is -0.453 e. The largest absolute Gasteiger partial charge is 0.453 e. The summed E-state index contributed by atoms with van der Waals surface area (Å²) >= 11 is 0. The summed E-state index contributed by atoms with van der Waals surface area (Å²) in [7, 11) is 0. The highest BCUT2D eigenvalue weighted by atomic mass is 16.3. The molecule has 0 bridgehead atoms. The Balaban J connectivity index is 1.42. The Kier molecular flexibility index (Phi) is 4.39. The Hall–Kier alpha value is -6.66. The van der Waals surface area contributed by atoms with E-state index < -0.39 is 0 Å². The van der Waals surface area contributed by atoms with Crippen molar-refractivity contribution in [2.24, 2.45) is 0 Å². The van der Waals surface area contributed by atoms with Gasteiger partial charge in [-0.15, -0.1) is 0 Å². The maximum Gasteiger partial charge on any atom is 0.177 e. The lowest BCUT2D eigenvalue weighted by Gasteiger charge is -2.22. The Morgan fingerprint density at radius 2 is 0.854 bits per heavy atom. The Labute approximate surface area is 271 Å². The first-order valence-electron chi connectivity index (χ1n) is 16.2. The minimum atomic E-state index is 0.808. The van der Waals surface area contributed by atoms with Crippen LogP contribution in [0.15, 0.2) is 154 Å². The number of hydrogen-bond donors (Lipinski definition) is 0. The summed E-state index contributed by atoms with van der Waals surface area (Å²) in [6, 6.07) is 51.3. The molecule has 7 aromatic carbocycles. The quantitative estimate of drug-likeness (QED) is 0.136. The number of rotatable bonds is 1. The Morgan fingerprint density at radius 1 is 0.312 bits per heavy atom. The van der Waals surface area contributed by atoms with Crippen LogP contribution in [0.3, 0.4) is 0 Å². The van der Waals surface area contributed by atoms with Crippen LogP contribution in [0.5, 0.6) is 0 Å². The van der Waals surface area contributed by atoms with E-state index in [-0.39, 0.29) is 0 Å². The van der Waals surface area contributed by atoms with Crippen LogP contribution in [0.25, 0.3) is 99.5 Å². The van der Waals surface area contributed by atoms with E-state index in [1.54, 1.807) is 0 Å². The van der Waals surface area contributed by atoms with Crippen molar-refractivity contribution in [1.82, 2.24) is 17.8 Å². The monoisotopic (exact) mass is 616 g/mol. The zero-order chi connectivity index (χ0) is 31.1. The highest BCUT2D eigenvalue weighted by Gasteiger charge is 2.24. The van der Waals surface area contributed by atoms with E-state index in [0.717, 1.165) is 77.7 Å². The molecule has 0 aliphatic heterocycles. The summed E-state index contributed by atoms with van der Waals surface area (Å²) in [6.07, 6.45) is 0. The maximum absolute atomic E-state index is 7.16. The number of aromatic nitrogens is 4. The van der Waals surface area contributed by atoms with Gasteiger partial charge in [-0.3, -0.25) is 8.80 Å². The van der Waals surface area contributed by atoms with Crippen molar-refractivity contribution < 1.29 is 8.83 Å². The second kappa shape index (κ2) is 8.57. The molecule has 0 atom stereocenters. The van der Waals surface area contributed by atoms with Crippen molar-refractivity contribution in [1.29, 1.82) is 0 Å². The van der Waals surface area contributed by atoms with Crippen molar-refractivity contribution in [3.63, 3.8) is 0 Å². The number of fused-ring (bicyclic) bond motifs is 12. The predicted molar refractivity (Wildman–Crippen MR) is 195 cm³/mol. The molecule has 5 heterocycles. The average molecular weight is 617 g/mol. The van der Waals surface area contributed by atoms with Crippen LogP contribution in [0.4, 0.5) is 0 Å². The van der Waals surface area contributed by atoms with Crippen LogP contribution in [0.1, 0.15) is 0 Å². The lowest BCUT2D eigenvalue weighted by molar-refractivity contribution is 0.653. The van der Waals surface area contributed by atoms with Gasteiger partial charge < -0.3 is 17.8 Å². The minimum absolute atomic E-state index is 0.808. The first-order valence-corrected chi connectivity index (χ1v) is 16.2. The molecule has 5 aromatic heterocycles. The van der Waals surface area contributed by atoms with Crippen molar-refractivity contribution in [3.8, 4) is 5.69 Å². The smallest absolute Gasteiger partial charge is 0.177 e. The van der Waals surface area contributed by atoms with E-state index in [4.69, 9.17) is 8.83 Å². The summed E-state index contributed by atoms with van der Waals surface area (Å²) in [4.78, 5) is 0. The fourth-order valence-corrected chi connectivity index (χ4v) is 8.31. The van der Waals surface area contributed by atoms with E-state index >= 15 is 0 Å². The van der Waals surface area contributed by atoms with Crippen LogP contribution in [-0.2, 0) is 0 Å². The SMILES string of the molecule is c1ccc(-n2c3cccc4oc5ccccc5n(c5ccc6c(oc7cccc8c7n6c6cccc7c9ccccc9n8c76)c52)c43)cc1. The van der Waals surface area contributed by atoms with Gasteiger partial charge in [-0.2, -0.15) is 0 Å². The molecule has 224 valence electrons. The molecule has 0 saturated heterocycles. The van der Waals surface area contributed by atoms with Gasteiger partial charge in [-0.05, 0) is 72.8 Å². The normalized spacial score (nSPS) is 12.6. The number of nitrogens with zero attached hydrogens (tertiary/aromatic N) is 4. The van der Waals surface area contributed by atoms with Gasteiger partial charge in [0.25, 0.3) is 0 Å². The predicted octanol–water partition coefficient (Wildman–Crippen LogP) is 11.1. The van der Waals surface area contributed by atoms with Crippen LogP contribution in [-0.4, -0.2) is 17.8 Å². The second-order valence-corrected chi connectivity index (χ2v) is 12.6. The lowest BCUT2D eigenvalue weighted by atomic mass is 10.1. The molecule has 0 aliphatic carbocycles. The Bertz CT molecular complexity index is 3340. The first-order chi connectivity index (χ1) is 23.8. The third-order valence-electron chi connectivity index (χ3n) is 10.1. The maximum atomic E-state index is 7.16. The summed E-state index contributed by atoms with van der Waals surface area (Å²) < 4.78 is 23.2. The molecule has 0 amide bonds.